The lowest BCUT2D eigenvalue weighted by molar-refractivity contribution is -0.118. The number of rotatable bonds is 3. The van der Waals surface area contributed by atoms with E-state index in [1.54, 1.807) is 18.7 Å². The maximum absolute atomic E-state index is 12.5. The lowest BCUT2D eigenvalue weighted by Gasteiger charge is -2.01. The maximum atomic E-state index is 12.5. The van der Waals surface area contributed by atoms with Gasteiger partial charge in [0.1, 0.15) is 5.82 Å². The molecule has 1 radical (unpaired) electrons. The average Bonchev–Trinajstić information content (AvgIpc) is 2.08. The van der Waals surface area contributed by atoms with Gasteiger partial charge >= 0.3 is 0 Å². The van der Waals surface area contributed by atoms with Gasteiger partial charge in [0, 0.05) is 6.92 Å². The van der Waals surface area contributed by atoms with Gasteiger partial charge in [-0.05, 0) is 24.1 Å². The number of amides is 1. The van der Waals surface area contributed by atoms with E-state index in [0.717, 1.165) is 5.56 Å². The van der Waals surface area contributed by atoms with Crippen molar-refractivity contribution in [1.82, 2.24) is 5.32 Å². The highest BCUT2D eigenvalue weighted by Gasteiger charge is 1.95. The molecule has 0 aromatic heterocycles. The van der Waals surface area contributed by atoms with Gasteiger partial charge in [0.25, 0.3) is 0 Å². The van der Waals surface area contributed by atoms with Gasteiger partial charge in [-0.2, -0.15) is 0 Å². The second kappa shape index (κ2) is 4.60. The standard InChI is InChI=1S/C10H11FNO/c1-8(13)12-7-6-9-2-4-10(11)5-3-9/h2-5,7H,6H2,1H3,(H,12,13). The molecule has 13 heavy (non-hydrogen) atoms. The van der Waals surface area contributed by atoms with Crippen LogP contribution in [0.15, 0.2) is 24.3 Å². The predicted octanol–water partition coefficient (Wildman–Crippen LogP) is 1.67. The van der Waals surface area contributed by atoms with Crippen LogP contribution in [-0.2, 0) is 11.2 Å². The smallest absolute Gasteiger partial charge is 0.217 e. The van der Waals surface area contributed by atoms with Crippen LogP contribution in [0.3, 0.4) is 0 Å². The summed E-state index contributed by atoms with van der Waals surface area (Å²) >= 11 is 0. The minimum absolute atomic E-state index is 0.0953. The molecule has 0 heterocycles. The summed E-state index contributed by atoms with van der Waals surface area (Å²) in [6, 6.07) is 6.18. The highest BCUT2D eigenvalue weighted by molar-refractivity contribution is 5.73. The van der Waals surface area contributed by atoms with Gasteiger partial charge in [-0.15, -0.1) is 0 Å². The van der Waals surface area contributed by atoms with Crippen LogP contribution in [0.4, 0.5) is 4.39 Å². The summed E-state index contributed by atoms with van der Waals surface area (Å²) in [5.41, 5.74) is 0.968. The molecule has 69 valence electrons. The first-order chi connectivity index (χ1) is 6.18. The average molecular weight is 180 g/mol. The molecule has 0 atom stereocenters. The molecule has 0 aliphatic heterocycles. The van der Waals surface area contributed by atoms with Crippen molar-refractivity contribution in [3.05, 3.63) is 42.2 Å². The largest absolute Gasteiger partial charge is 0.351 e. The summed E-state index contributed by atoms with van der Waals surface area (Å²) in [7, 11) is 0. The van der Waals surface area contributed by atoms with Crippen molar-refractivity contribution in [2.45, 2.75) is 13.3 Å². The van der Waals surface area contributed by atoms with Crippen molar-refractivity contribution < 1.29 is 9.18 Å². The van der Waals surface area contributed by atoms with Crippen LogP contribution in [0, 0.1) is 12.4 Å². The third-order valence-corrected chi connectivity index (χ3v) is 1.56. The minimum atomic E-state index is -0.247. The Morgan fingerprint density at radius 1 is 1.46 bits per heavy atom. The highest BCUT2D eigenvalue weighted by Crippen LogP contribution is 2.03. The molecule has 0 spiro atoms. The molecule has 2 nitrogen and oxygen atoms in total. The van der Waals surface area contributed by atoms with E-state index in [1.807, 2.05) is 0 Å². The maximum Gasteiger partial charge on any atom is 0.217 e. The topological polar surface area (TPSA) is 29.1 Å². The summed E-state index contributed by atoms with van der Waals surface area (Å²) in [6.45, 7) is 3.09. The van der Waals surface area contributed by atoms with E-state index in [-0.39, 0.29) is 11.7 Å². The normalized spacial score (nSPS) is 9.69. The third-order valence-electron chi connectivity index (χ3n) is 1.56. The molecule has 0 unspecified atom stereocenters. The predicted molar refractivity (Wildman–Crippen MR) is 48.2 cm³/mol. The Bertz CT molecular complexity index is 281. The first-order valence-corrected chi connectivity index (χ1v) is 4.01. The van der Waals surface area contributed by atoms with Crippen LogP contribution in [0.5, 0.6) is 0 Å². The van der Waals surface area contributed by atoms with Crippen molar-refractivity contribution in [2.75, 3.05) is 0 Å². The van der Waals surface area contributed by atoms with Crippen molar-refractivity contribution >= 4 is 5.91 Å². The fourth-order valence-electron chi connectivity index (χ4n) is 0.933. The van der Waals surface area contributed by atoms with E-state index in [2.05, 4.69) is 5.32 Å². The van der Waals surface area contributed by atoms with Crippen molar-refractivity contribution in [3.63, 3.8) is 0 Å². The molecule has 0 saturated carbocycles. The number of carbonyl (C=O) groups excluding carboxylic acids is 1. The zero-order chi connectivity index (χ0) is 9.68. The van der Waals surface area contributed by atoms with Crippen molar-refractivity contribution in [2.24, 2.45) is 0 Å². The first-order valence-electron chi connectivity index (χ1n) is 4.01. The van der Waals surface area contributed by atoms with Gasteiger partial charge in [-0.25, -0.2) is 4.39 Å². The van der Waals surface area contributed by atoms with E-state index in [4.69, 9.17) is 0 Å². The third kappa shape index (κ3) is 3.69. The summed E-state index contributed by atoms with van der Waals surface area (Å²) in [5, 5.41) is 2.55. The van der Waals surface area contributed by atoms with Gasteiger partial charge < -0.3 is 5.32 Å². The highest BCUT2D eigenvalue weighted by atomic mass is 19.1. The Kier molecular flexibility index (Phi) is 3.43. The molecular formula is C10H11FNO. The molecule has 0 aliphatic rings. The number of hydrogen-bond acceptors (Lipinski definition) is 1. The Hall–Kier alpha value is -1.38. The van der Waals surface area contributed by atoms with E-state index < -0.39 is 0 Å². The molecule has 1 aromatic rings. The van der Waals surface area contributed by atoms with Crippen LogP contribution in [0.1, 0.15) is 12.5 Å². The zero-order valence-electron chi connectivity index (χ0n) is 7.38. The molecule has 1 N–H and O–H groups in total. The molecule has 0 saturated heterocycles. The van der Waals surface area contributed by atoms with Crippen LogP contribution in [0.25, 0.3) is 0 Å². The number of benzene rings is 1. The fraction of sp³-hybridized carbons (Fsp3) is 0.200. The van der Waals surface area contributed by atoms with Crippen LogP contribution in [-0.4, -0.2) is 5.91 Å². The molecule has 0 fully saturated rings. The fourth-order valence-corrected chi connectivity index (χ4v) is 0.933. The molecule has 1 aromatic carbocycles. The molecule has 1 amide bonds. The molecule has 0 bridgehead atoms. The summed E-state index contributed by atoms with van der Waals surface area (Å²) in [5.74, 6) is -0.342. The Morgan fingerprint density at radius 2 is 2.08 bits per heavy atom. The second-order valence-corrected chi connectivity index (χ2v) is 2.74. The summed E-state index contributed by atoms with van der Waals surface area (Å²) in [6.07, 6.45) is 0.611. The second-order valence-electron chi connectivity index (χ2n) is 2.74. The molecule has 1 rings (SSSR count). The molecule has 3 heteroatoms. The molecular weight excluding hydrogens is 169 g/mol. The van der Waals surface area contributed by atoms with Gasteiger partial charge in [0.15, 0.2) is 0 Å². The van der Waals surface area contributed by atoms with Crippen LogP contribution < -0.4 is 5.32 Å². The number of hydrogen-bond donors (Lipinski definition) is 1. The summed E-state index contributed by atoms with van der Waals surface area (Å²) in [4.78, 5) is 10.5. The van der Waals surface area contributed by atoms with Crippen LogP contribution in [0.2, 0.25) is 0 Å². The number of halogens is 1. The molecule has 0 aliphatic carbocycles. The quantitative estimate of drug-likeness (QED) is 0.753. The van der Waals surface area contributed by atoms with Gasteiger partial charge in [0.2, 0.25) is 5.91 Å². The number of nitrogens with one attached hydrogen (secondary N) is 1. The van der Waals surface area contributed by atoms with E-state index in [0.29, 0.717) is 6.42 Å². The number of carbonyl (C=O) groups is 1. The minimum Gasteiger partial charge on any atom is -0.351 e. The Morgan fingerprint density at radius 3 is 2.62 bits per heavy atom. The Balaban J connectivity index is 2.37. The van der Waals surface area contributed by atoms with E-state index >= 15 is 0 Å². The van der Waals surface area contributed by atoms with Crippen molar-refractivity contribution in [1.29, 1.82) is 0 Å². The summed E-state index contributed by atoms with van der Waals surface area (Å²) < 4.78 is 12.5. The van der Waals surface area contributed by atoms with Crippen molar-refractivity contribution in [3.8, 4) is 0 Å². The van der Waals surface area contributed by atoms with Gasteiger partial charge in [-0.3, -0.25) is 4.79 Å². The SMILES string of the molecule is CC(=O)N[CH]Cc1ccc(F)cc1. The van der Waals surface area contributed by atoms with E-state index in [9.17, 15) is 9.18 Å². The lowest BCUT2D eigenvalue weighted by Crippen LogP contribution is -2.17. The Labute approximate surface area is 76.8 Å². The van der Waals surface area contributed by atoms with E-state index in [1.165, 1.54) is 19.1 Å². The first kappa shape index (κ1) is 9.71. The van der Waals surface area contributed by atoms with Gasteiger partial charge in [-0.1, -0.05) is 12.1 Å². The van der Waals surface area contributed by atoms with Crippen LogP contribution >= 0.6 is 0 Å². The zero-order valence-corrected chi connectivity index (χ0v) is 7.38. The monoisotopic (exact) mass is 180 g/mol. The lowest BCUT2D eigenvalue weighted by atomic mass is 10.1. The van der Waals surface area contributed by atoms with Gasteiger partial charge in [0.05, 0.1) is 6.54 Å².